The fourth-order valence-corrected chi connectivity index (χ4v) is 3.65. The van der Waals surface area contributed by atoms with Gasteiger partial charge in [0.2, 0.25) is 11.8 Å². The van der Waals surface area contributed by atoms with Crippen molar-refractivity contribution in [2.24, 2.45) is 5.92 Å². The first-order valence-corrected chi connectivity index (χ1v) is 9.30. The van der Waals surface area contributed by atoms with Gasteiger partial charge in [0.15, 0.2) is 0 Å². The van der Waals surface area contributed by atoms with Crippen LogP contribution in [0.3, 0.4) is 0 Å². The van der Waals surface area contributed by atoms with Crippen molar-refractivity contribution in [3.63, 3.8) is 0 Å². The molecule has 0 bridgehead atoms. The van der Waals surface area contributed by atoms with E-state index < -0.39 is 0 Å². The van der Waals surface area contributed by atoms with E-state index >= 15 is 0 Å². The van der Waals surface area contributed by atoms with Gasteiger partial charge >= 0.3 is 0 Å². The van der Waals surface area contributed by atoms with Gasteiger partial charge in [-0.05, 0) is 42.7 Å². The number of rotatable bonds is 6. The van der Waals surface area contributed by atoms with Crippen LogP contribution in [-0.2, 0) is 16.1 Å². The maximum atomic E-state index is 13.2. The van der Waals surface area contributed by atoms with Crippen LogP contribution in [0.4, 0.5) is 5.69 Å². The zero-order valence-corrected chi connectivity index (χ0v) is 15.4. The van der Waals surface area contributed by atoms with Crippen molar-refractivity contribution in [2.75, 3.05) is 18.6 Å². The molecule has 4 rings (SSSR count). The van der Waals surface area contributed by atoms with Crippen LogP contribution in [0.2, 0.25) is 0 Å². The number of methoxy groups -OCH3 is 1. The first kappa shape index (κ1) is 17.5. The Labute approximate surface area is 158 Å². The molecular weight excluding hydrogens is 342 g/mol. The van der Waals surface area contributed by atoms with Gasteiger partial charge in [0.25, 0.3) is 0 Å². The minimum absolute atomic E-state index is 0.0301. The largest absolute Gasteiger partial charge is 0.495 e. The van der Waals surface area contributed by atoms with Gasteiger partial charge in [-0.25, -0.2) is 0 Å². The third-order valence-electron chi connectivity index (χ3n) is 5.22. The average molecular weight is 365 g/mol. The molecule has 0 radical (unpaired) electrons. The highest BCUT2D eigenvalue weighted by Gasteiger charge is 2.41. The third kappa shape index (κ3) is 3.65. The van der Waals surface area contributed by atoms with Crippen molar-refractivity contribution in [3.8, 4) is 5.75 Å². The number of amides is 2. The Kier molecular flexibility index (Phi) is 4.79. The normalized spacial score (nSPS) is 19.2. The van der Waals surface area contributed by atoms with Gasteiger partial charge in [0.05, 0.1) is 18.7 Å². The highest BCUT2D eigenvalue weighted by atomic mass is 16.5. The molecule has 1 aromatic carbocycles. The highest BCUT2D eigenvalue weighted by molar-refractivity contribution is 6.01. The number of benzene rings is 1. The summed E-state index contributed by atoms with van der Waals surface area (Å²) in [6.07, 6.45) is 5.80. The van der Waals surface area contributed by atoms with Crippen molar-refractivity contribution in [2.45, 2.75) is 31.8 Å². The Morgan fingerprint density at radius 2 is 1.96 bits per heavy atom. The lowest BCUT2D eigenvalue weighted by molar-refractivity contribution is -0.137. The Balaban J connectivity index is 1.51. The summed E-state index contributed by atoms with van der Waals surface area (Å²) in [5.41, 5.74) is 1.79. The van der Waals surface area contributed by atoms with E-state index in [0.29, 0.717) is 24.9 Å². The number of carbonyl (C=O) groups is 2. The molecular formula is C21H23N3O3. The summed E-state index contributed by atoms with van der Waals surface area (Å²) in [4.78, 5) is 33.5. The summed E-state index contributed by atoms with van der Waals surface area (Å²) in [6, 6.07) is 11.6. The first-order chi connectivity index (χ1) is 13.2. The quantitative estimate of drug-likeness (QED) is 0.789. The van der Waals surface area contributed by atoms with E-state index in [-0.39, 0.29) is 24.2 Å². The molecule has 2 aromatic rings. The number of hydrogen-bond donors (Lipinski definition) is 0. The molecule has 2 fully saturated rings. The third-order valence-corrected chi connectivity index (χ3v) is 5.22. The molecule has 0 spiro atoms. The second kappa shape index (κ2) is 7.39. The number of hydrogen-bond acceptors (Lipinski definition) is 4. The lowest BCUT2D eigenvalue weighted by Crippen LogP contribution is -2.38. The summed E-state index contributed by atoms with van der Waals surface area (Å²) >= 11 is 0. The fourth-order valence-electron chi connectivity index (χ4n) is 3.65. The number of ether oxygens (including phenoxy) is 1. The van der Waals surface area contributed by atoms with Gasteiger partial charge in [0.1, 0.15) is 5.75 Å². The Bertz CT molecular complexity index is 836. The molecule has 0 N–H and O–H groups in total. The summed E-state index contributed by atoms with van der Waals surface area (Å²) in [5.74, 6) is 0.372. The molecule has 6 heteroatoms. The summed E-state index contributed by atoms with van der Waals surface area (Å²) in [7, 11) is 1.59. The molecule has 2 amide bonds. The lowest BCUT2D eigenvalue weighted by Gasteiger charge is -2.26. The number of aromatic nitrogens is 1. The van der Waals surface area contributed by atoms with E-state index in [1.807, 2.05) is 41.3 Å². The Hall–Kier alpha value is -2.89. The predicted molar refractivity (Wildman–Crippen MR) is 101 cm³/mol. The Morgan fingerprint density at radius 1 is 1.22 bits per heavy atom. The molecule has 1 atom stereocenters. The summed E-state index contributed by atoms with van der Waals surface area (Å²) in [6.45, 7) is 0.975. The second-order valence-electron chi connectivity index (χ2n) is 7.13. The van der Waals surface area contributed by atoms with Gasteiger partial charge in [-0.15, -0.1) is 0 Å². The van der Waals surface area contributed by atoms with Crippen molar-refractivity contribution in [1.29, 1.82) is 0 Å². The van der Waals surface area contributed by atoms with Crippen molar-refractivity contribution in [3.05, 3.63) is 54.4 Å². The standard InChI is InChI=1S/C21H23N3O3/c1-27-19-5-3-2-4-18(19)24-14-16(12-20(24)25)21(26)23(17-6-7-17)13-15-8-10-22-11-9-15/h2-5,8-11,16-17H,6-7,12-14H2,1H3. The van der Waals surface area contributed by atoms with Crippen LogP contribution < -0.4 is 9.64 Å². The molecule has 27 heavy (non-hydrogen) atoms. The molecule has 1 aliphatic carbocycles. The fraction of sp³-hybridized carbons (Fsp3) is 0.381. The second-order valence-corrected chi connectivity index (χ2v) is 7.13. The molecule has 140 valence electrons. The van der Waals surface area contributed by atoms with Crippen molar-refractivity contribution >= 4 is 17.5 Å². The van der Waals surface area contributed by atoms with Crippen LogP contribution in [0.1, 0.15) is 24.8 Å². The smallest absolute Gasteiger partial charge is 0.228 e. The zero-order valence-electron chi connectivity index (χ0n) is 15.4. The Morgan fingerprint density at radius 3 is 2.67 bits per heavy atom. The van der Waals surface area contributed by atoms with Crippen LogP contribution in [-0.4, -0.2) is 41.4 Å². The van der Waals surface area contributed by atoms with E-state index in [1.54, 1.807) is 24.4 Å². The van der Waals surface area contributed by atoms with Gasteiger partial charge in [-0.1, -0.05) is 12.1 Å². The van der Waals surface area contributed by atoms with Crippen LogP contribution in [0.5, 0.6) is 5.75 Å². The minimum Gasteiger partial charge on any atom is -0.495 e. The zero-order chi connectivity index (χ0) is 18.8. The summed E-state index contributed by atoms with van der Waals surface area (Å²) < 4.78 is 5.38. The lowest BCUT2D eigenvalue weighted by atomic mass is 10.1. The van der Waals surface area contributed by atoms with E-state index in [1.165, 1.54) is 0 Å². The van der Waals surface area contributed by atoms with Crippen LogP contribution in [0, 0.1) is 5.92 Å². The van der Waals surface area contributed by atoms with E-state index in [2.05, 4.69) is 4.98 Å². The van der Waals surface area contributed by atoms with E-state index in [0.717, 1.165) is 24.1 Å². The van der Waals surface area contributed by atoms with Crippen molar-refractivity contribution < 1.29 is 14.3 Å². The van der Waals surface area contributed by atoms with Crippen LogP contribution >= 0.6 is 0 Å². The van der Waals surface area contributed by atoms with Gasteiger partial charge in [-0.3, -0.25) is 14.6 Å². The van der Waals surface area contributed by atoms with E-state index in [9.17, 15) is 9.59 Å². The maximum Gasteiger partial charge on any atom is 0.228 e. The first-order valence-electron chi connectivity index (χ1n) is 9.30. The molecule has 1 saturated carbocycles. The SMILES string of the molecule is COc1ccccc1N1CC(C(=O)N(Cc2ccncc2)C2CC2)CC1=O. The maximum absolute atomic E-state index is 13.2. The number of carbonyl (C=O) groups excluding carboxylic acids is 2. The molecule has 1 aliphatic heterocycles. The molecule has 2 heterocycles. The van der Waals surface area contributed by atoms with Gasteiger partial charge in [-0.2, -0.15) is 0 Å². The predicted octanol–water partition coefficient (Wildman–Crippen LogP) is 2.63. The van der Waals surface area contributed by atoms with Crippen molar-refractivity contribution in [1.82, 2.24) is 9.88 Å². The van der Waals surface area contributed by atoms with Crippen LogP contribution in [0.25, 0.3) is 0 Å². The van der Waals surface area contributed by atoms with E-state index in [4.69, 9.17) is 4.74 Å². The summed E-state index contributed by atoms with van der Waals surface area (Å²) in [5, 5.41) is 0. The topological polar surface area (TPSA) is 62.7 Å². The number of anilines is 1. The molecule has 6 nitrogen and oxygen atoms in total. The minimum atomic E-state index is -0.315. The van der Waals surface area contributed by atoms with Gasteiger partial charge < -0.3 is 14.5 Å². The molecule has 1 saturated heterocycles. The molecule has 2 aliphatic rings. The molecule has 1 aromatic heterocycles. The molecule has 1 unspecified atom stereocenters. The van der Waals surface area contributed by atoms with Crippen LogP contribution in [0.15, 0.2) is 48.8 Å². The number of para-hydroxylation sites is 2. The number of nitrogens with zero attached hydrogens (tertiary/aromatic N) is 3. The van der Waals surface area contributed by atoms with Gasteiger partial charge in [0, 0.05) is 37.9 Å². The number of pyridine rings is 1. The average Bonchev–Trinajstić information content (AvgIpc) is 3.48. The monoisotopic (exact) mass is 365 g/mol. The highest BCUT2D eigenvalue weighted by Crippen LogP contribution is 2.35.